The molecule has 1 heterocycles. The molecule has 4 nitrogen and oxygen atoms in total. The Morgan fingerprint density at radius 2 is 1.78 bits per heavy atom. The smallest absolute Gasteiger partial charge is 0.193 e. The van der Waals surface area contributed by atoms with Crippen molar-refractivity contribution >= 4 is 29.9 Å². The van der Waals surface area contributed by atoms with Crippen molar-refractivity contribution < 1.29 is 4.74 Å². The molecule has 0 radical (unpaired) electrons. The van der Waals surface area contributed by atoms with E-state index in [1.54, 1.807) is 0 Å². The van der Waals surface area contributed by atoms with Crippen molar-refractivity contribution in [2.75, 3.05) is 26.7 Å². The summed E-state index contributed by atoms with van der Waals surface area (Å²) >= 11 is 0. The molecule has 0 amide bonds. The SMILES string of the molecule is CN=C(NCC1Cc2ccccc21)N1CCC(Oc2ccccc2)CC1.I. The highest BCUT2D eigenvalue weighted by Crippen LogP contribution is 2.34. The van der Waals surface area contributed by atoms with E-state index in [4.69, 9.17) is 4.74 Å². The highest BCUT2D eigenvalue weighted by molar-refractivity contribution is 14.0. The van der Waals surface area contributed by atoms with Crippen LogP contribution in [-0.4, -0.2) is 43.6 Å². The minimum absolute atomic E-state index is 0. The predicted molar refractivity (Wildman–Crippen MR) is 121 cm³/mol. The van der Waals surface area contributed by atoms with Crippen LogP contribution in [0.5, 0.6) is 5.75 Å². The zero-order chi connectivity index (χ0) is 17.8. The normalized spacial score (nSPS) is 19.5. The van der Waals surface area contributed by atoms with E-state index in [-0.39, 0.29) is 24.0 Å². The van der Waals surface area contributed by atoms with E-state index in [0.717, 1.165) is 44.2 Å². The average Bonchev–Trinajstić information content (AvgIpc) is 2.67. The number of likely N-dealkylation sites (tertiary alicyclic amines) is 1. The van der Waals surface area contributed by atoms with Crippen LogP contribution < -0.4 is 10.1 Å². The van der Waals surface area contributed by atoms with Gasteiger partial charge in [0.2, 0.25) is 0 Å². The molecular weight excluding hydrogens is 449 g/mol. The van der Waals surface area contributed by atoms with Crippen LogP contribution in [0.15, 0.2) is 59.6 Å². The first-order valence-corrected chi connectivity index (χ1v) is 9.58. The zero-order valence-electron chi connectivity index (χ0n) is 15.8. The minimum atomic E-state index is 0. The highest BCUT2D eigenvalue weighted by Gasteiger charge is 2.27. The van der Waals surface area contributed by atoms with Gasteiger partial charge < -0.3 is 15.0 Å². The number of halogens is 1. The Hall–Kier alpha value is -1.76. The number of piperidine rings is 1. The molecule has 1 aliphatic heterocycles. The van der Waals surface area contributed by atoms with Crippen molar-refractivity contribution in [1.82, 2.24) is 10.2 Å². The summed E-state index contributed by atoms with van der Waals surface area (Å²) < 4.78 is 6.09. The second kappa shape index (κ2) is 9.44. The Bertz CT molecular complexity index is 757. The largest absolute Gasteiger partial charge is 0.490 e. The van der Waals surface area contributed by atoms with Crippen LogP contribution in [0.4, 0.5) is 0 Å². The van der Waals surface area contributed by atoms with Gasteiger partial charge in [0.15, 0.2) is 5.96 Å². The Kier molecular flexibility index (Phi) is 6.99. The lowest BCUT2D eigenvalue weighted by Gasteiger charge is -2.36. The molecule has 0 bridgehead atoms. The van der Waals surface area contributed by atoms with Crippen LogP contribution in [0.25, 0.3) is 0 Å². The van der Waals surface area contributed by atoms with E-state index in [9.17, 15) is 0 Å². The molecule has 1 unspecified atom stereocenters. The van der Waals surface area contributed by atoms with Crippen LogP contribution >= 0.6 is 24.0 Å². The highest BCUT2D eigenvalue weighted by atomic mass is 127. The maximum atomic E-state index is 6.09. The molecule has 5 heteroatoms. The van der Waals surface area contributed by atoms with E-state index in [0.29, 0.717) is 12.0 Å². The second-order valence-corrected chi connectivity index (χ2v) is 7.15. The van der Waals surface area contributed by atoms with Gasteiger partial charge >= 0.3 is 0 Å². The minimum Gasteiger partial charge on any atom is -0.490 e. The fourth-order valence-electron chi connectivity index (χ4n) is 3.97. The zero-order valence-corrected chi connectivity index (χ0v) is 18.1. The van der Waals surface area contributed by atoms with Gasteiger partial charge in [0.25, 0.3) is 0 Å². The van der Waals surface area contributed by atoms with Gasteiger partial charge in [-0.25, -0.2) is 0 Å². The van der Waals surface area contributed by atoms with Gasteiger partial charge in [0, 0.05) is 45.4 Å². The number of benzene rings is 2. The van der Waals surface area contributed by atoms with E-state index >= 15 is 0 Å². The fourth-order valence-corrected chi connectivity index (χ4v) is 3.97. The summed E-state index contributed by atoms with van der Waals surface area (Å²) in [4.78, 5) is 6.85. The molecule has 2 aromatic rings. The van der Waals surface area contributed by atoms with E-state index in [1.165, 1.54) is 17.5 Å². The molecular formula is C22H28IN3O. The molecule has 4 rings (SSSR count). The van der Waals surface area contributed by atoms with Gasteiger partial charge in [0.05, 0.1) is 0 Å². The molecule has 1 saturated heterocycles. The number of guanidine groups is 1. The predicted octanol–water partition coefficient (Wildman–Crippen LogP) is 4.06. The molecule has 1 N–H and O–H groups in total. The number of nitrogens with one attached hydrogen (secondary N) is 1. The fraction of sp³-hybridized carbons (Fsp3) is 0.409. The standard InChI is InChI=1S/C22H27N3O.HI/c1-23-22(24-16-18-15-17-7-5-6-10-21(17)18)25-13-11-20(12-14-25)26-19-8-3-2-4-9-19;/h2-10,18,20H,11-16H2,1H3,(H,23,24);1H. The molecule has 2 aliphatic rings. The molecule has 0 saturated carbocycles. The topological polar surface area (TPSA) is 36.9 Å². The molecule has 1 aliphatic carbocycles. The molecule has 144 valence electrons. The molecule has 0 spiro atoms. The summed E-state index contributed by atoms with van der Waals surface area (Å²) in [6.45, 7) is 2.93. The summed E-state index contributed by atoms with van der Waals surface area (Å²) in [7, 11) is 1.88. The Labute approximate surface area is 179 Å². The molecule has 0 aromatic heterocycles. The van der Waals surface area contributed by atoms with Crippen molar-refractivity contribution in [2.45, 2.75) is 31.3 Å². The van der Waals surface area contributed by atoms with Crippen LogP contribution in [0.3, 0.4) is 0 Å². The summed E-state index contributed by atoms with van der Waals surface area (Å²) in [5, 5.41) is 3.58. The van der Waals surface area contributed by atoms with E-state index in [1.807, 2.05) is 37.4 Å². The summed E-state index contributed by atoms with van der Waals surface area (Å²) in [6, 6.07) is 18.9. The number of rotatable bonds is 4. The number of aliphatic imine (C=N–C) groups is 1. The van der Waals surface area contributed by atoms with Crippen LogP contribution in [0.2, 0.25) is 0 Å². The molecule has 2 aromatic carbocycles. The van der Waals surface area contributed by atoms with Gasteiger partial charge in [-0.1, -0.05) is 42.5 Å². The quantitative estimate of drug-likeness (QED) is 0.410. The maximum absolute atomic E-state index is 6.09. The second-order valence-electron chi connectivity index (χ2n) is 7.15. The van der Waals surface area contributed by atoms with Gasteiger partial charge in [-0.05, 0) is 29.7 Å². The first-order chi connectivity index (χ1) is 12.8. The number of hydrogen-bond donors (Lipinski definition) is 1. The van der Waals surface area contributed by atoms with Gasteiger partial charge in [-0.15, -0.1) is 24.0 Å². The first-order valence-electron chi connectivity index (χ1n) is 9.58. The van der Waals surface area contributed by atoms with E-state index < -0.39 is 0 Å². The summed E-state index contributed by atoms with van der Waals surface area (Å²) in [5.74, 6) is 2.60. The van der Waals surface area contributed by atoms with Crippen molar-refractivity contribution in [3.8, 4) is 5.75 Å². The van der Waals surface area contributed by atoms with Gasteiger partial charge in [-0.2, -0.15) is 0 Å². The molecule has 1 fully saturated rings. The van der Waals surface area contributed by atoms with Crippen LogP contribution in [0.1, 0.15) is 29.9 Å². The average molecular weight is 477 g/mol. The Morgan fingerprint density at radius 3 is 2.48 bits per heavy atom. The third kappa shape index (κ3) is 4.75. The lowest BCUT2D eigenvalue weighted by molar-refractivity contribution is 0.129. The number of para-hydroxylation sites is 1. The van der Waals surface area contributed by atoms with Crippen molar-refractivity contribution in [3.05, 3.63) is 65.7 Å². The first kappa shape index (κ1) is 20.0. The van der Waals surface area contributed by atoms with Crippen LogP contribution in [0, 0.1) is 0 Å². The monoisotopic (exact) mass is 477 g/mol. The number of hydrogen-bond acceptors (Lipinski definition) is 2. The van der Waals surface area contributed by atoms with Crippen molar-refractivity contribution in [3.63, 3.8) is 0 Å². The van der Waals surface area contributed by atoms with Crippen molar-refractivity contribution in [1.29, 1.82) is 0 Å². The van der Waals surface area contributed by atoms with Gasteiger partial charge in [0.1, 0.15) is 11.9 Å². The molecule has 27 heavy (non-hydrogen) atoms. The third-order valence-electron chi connectivity index (χ3n) is 5.47. The number of fused-ring (bicyclic) bond motifs is 1. The maximum Gasteiger partial charge on any atom is 0.193 e. The van der Waals surface area contributed by atoms with Gasteiger partial charge in [-0.3, -0.25) is 4.99 Å². The van der Waals surface area contributed by atoms with Crippen molar-refractivity contribution in [2.24, 2.45) is 4.99 Å². The lowest BCUT2D eigenvalue weighted by Crippen LogP contribution is -2.48. The summed E-state index contributed by atoms with van der Waals surface area (Å²) in [5.41, 5.74) is 2.98. The third-order valence-corrected chi connectivity index (χ3v) is 5.47. The lowest BCUT2D eigenvalue weighted by atomic mass is 9.78. The number of ether oxygens (including phenoxy) is 1. The van der Waals surface area contributed by atoms with Crippen LogP contribution in [-0.2, 0) is 6.42 Å². The Balaban J connectivity index is 0.00000210. The number of nitrogens with zero attached hydrogens (tertiary/aromatic N) is 2. The molecule has 1 atom stereocenters. The Morgan fingerprint density at radius 1 is 1.07 bits per heavy atom. The van der Waals surface area contributed by atoms with E-state index in [2.05, 4.69) is 39.5 Å². The summed E-state index contributed by atoms with van der Waals surface area (Å²) in [6.07, 6.45) is 3.53.